The average Bonchev–Trinajstić information content (AvgIpc) is 2.80. The second-order valence-corrected chi connectivity index (χ2v) is 7.43. The van der Waals surface area contributed by atoms with Crippen LogP contribution in [0.1, 0.15) is 29.8 Å². The first-order valence-electron chi connectivity index (χ1n) is 10.3. The maximum absolute atomic E-state index is 12.4. The molecule has 2 aromatic carbocycles. The highest BCUT2D eigenvalue weighted by Crippen LogP contribution is 2.29. The number of amides is 2. The summed E-state index contributed by atoms with van der Waals surface area (Å²) in [5.41, 5.74) is 1.04. The number of halogens is 2. The summed E-state index contributed by atoms with van der Waals surface area (Å²) in [6, 6.07) is 10.6. The number of benzene rings is 2. The third-order valence-electron chi connectivity index (χ3n) is 4.28. The molecule has 0 unspecified atom stereocenters. The molecule has 10 heteroatoms. The Bertz CT molecular complexity index is 1040. The predicted molar refractivity (Wildman–Crippen MR) is 122 cm³/mol. The van der Waals surface area contributed by atoms with Crippen LogP contribution in [0.2, 0.25) is 0 Å². The number of hydrogen-bond acceptors (Lipinski definition) is 6. The van der Waals surface area contributed by atoms with E-state index < -0.39 is 25.1 Å². The van der Waals surface area contributed by atoms with Gasteiger partial charge in [0.25, 0.3) is 11.8 Å². The van der Waals surface area contributed by atoms with Gasteiger partial charge in [0.15, 0.2) is 18.1 Å². The lowest BCUT2D eigenvalue weighted by molar-refractivity contribution is -0.142. The summed E-state index contributed by atoms with van der Waals surface area (Å²) >= 11 is 0. The van der Waals surface area contributed by atoms with E-state index in [-0.39, 0.29) is 28.9 Å². The smallest absolute Gasteiger partial charge is 0.387 e. The quantitative estimate of drug-likeness (QED) is 0.377. The van der Waals surface area contributed by atoms with Gasteiger partial charge in [0.2, 0.25) is 0 Å². The van der Waals surface area contributed by atoms with Crippen molar-refractivity contribution < 1.29 is 37.4 Å². The number of ether oxygens (including phenoxy) is 3. The maximum Gasteiger partial charge on any atom is 0.387 e. The zero-order chi connectivity index (χ0) is 25.1. The monoisotopic (exact) mass is 476 g/mol. The summed E-state index contributed by atoms with van der Waals surface area (Å²) in [6.07, 6.45) is 2.44. The topological polar surface area (TPSA) is 103 Å². The largest absolute Gasteiger partial charge is 0.493 e. The molecule has 2 rings (SSSR count). The van der Waals surface area contributed by atoms with Gasteiger partial charge in [-0.2, -0.15) is 8.78 Å². The van der Waals surface area contributed by atoms with E-state index in [9.17, 15) is 23.2 Å². The number of methoxy groups -OCH3 is 1. The third kappa shape index (κ3) is 8.53. The van der Waals surface area contributed by atoms with Crippen molar-refractivity contribution in [2.24, 2.45) is 5.92 Å². The zero-order valence-electron chi connectivity index (χ0n) is 19.0. The minimum atomic E-state index is -3.00. The standard InChI is InChI=1S/C24H26F2N2O6/c1-15(2)13-27-23(31)17-6-4-5-7-18(17)28-21(29)14-33-22(30)11-9-16-8-10-19(34-24(25)26)20(12-16)32-3/h4-12,15,24H,13-14H2,1-3H3,(H,27,31)(H,28,29)/b11-9+. The molecule has 2 amide bonds. The van der Waals surface area contributed by atoms with Crippen LogP contribution in [0.4, 0.5) is 14.5 Å². The molecule has 0 radical (unpaired) electrons. The van der Waals surface area contributed by atoms with Crippen molar-refractivity contribution in [1.29, 1.82) is 0 Å². The Morgan fingerprint density at radius 1 is 1.06 bits per heavy atom. The Balaban J connectivity index is 1.92. The van der Waals surface area contributed by atoms with E-state index in [4.69, 9.17) is 9.47 Å². The van der Waals surface area contributed by atoms with Crippen molar-refractivity contribution in [3.05, 3.63) is 59.7 Å². The molecule has 0 spiro atoms. The fourth-order valence-electron chi connectivity index (χ4n) is 2.70. The summed E-state index contributed by atoms with van der Waals surface area (Å²) in [6.45, 7) is 0.834. The van der Waals surface area contributed by atoms with Gasteiger partial charge in [0, 0.05) is 12.6 Å². The van der Waals surface area contributed by atoms with Crippen LogP contribution in [0, 0.1) is 5.92 Å². The van der Waals surface area contributed by atoms with E-state index in [0.29, 0.717) is 17.8 Å². The second kappa shape index (κ2) is 12.9. The van der Waals surface area contributed by atoms with Gasteiger partial charge in [-0.25, -0.2) is 4.79 Å². The summed E-state index contributed by atoms with van der Waals surface area (Å²) in [7, 11) is 1.29. The SMILES string of the molecule is COc1cc(/C=C/C(=O)OCC(=O)Nc2ccccc2C(=O)NCC(C)C)ccc1OC(F)F. The highest BCUT2D eigenvalue weighted by Gasteiger charge is 2.14. The van der Waals surface area contributed by atoms with Gasteiger partial charge in [0.1, 0.15) is 0 Å². The molecule has 0 fully saturated rings. The predicted octanol–water partition coefficient (Wildman–Crippen LogP) is 3.88. The summed E-state index contributed by atoms with van der Waals surface area (Å²) < 4.78 is 39.0. The lowest BCUT2D eigenvalue weighted by atomic mass is 10.1. The van der Waals surface area contributed by atoms with E-state index >= 15 is 0 Å². The molecule has 0 atom stereocenters. The normalized spacial score (nSPS) is 10.9. The molecule has 0 heterocycles. The first kappa shape index (κ1) is 26.3. The lowest BCUT2D eigenvalue weighted by Crippen LogP contribution is -2.29. The number of carbonyl (C=O) groups excluding carboxylic acids is 3. The van der Waals surface area contributed by atoms with Crippen LogP contribution in [-0.4, -0.2) is 44.7 Å². The van der Waals surface area contributed by atoms with E-state index in [0.717, 1.165) is 6.08 Å². The van der Waals surface area contributed by atoms with Crippen LogP contribution in [-0.2, 0) is 14.3 Å². The van der Waals surface area contributed by atoms with Crippen LogP contribution in [0.5, 0.6) is 11.5 Å². The molecular formula is C24H26F2N2O6. The maximum atomic E-state index is 12.4. The summed E-state index contributed by atoms with van der Waals surface area (Å²) in [5, 5.41) is 5.33. The van der Waals surface area contributed by atoms with Crippen LogP contribution < -0.4 is 20.1 Å². The molecule has 8 nitrogen and oxygen atoms in total. The number of anilines is 1. The highest BCUT2D eigenvalue weighted by atomic mass is 19.3. The Kier molecular flexibility index (Phi) is 10.0. The Morgan fingerprint density at radius 2 is 1.79 bits per heavy atom. The first-order chi connectivity index (χ1) is 16.2. The van der Waals surface area contributed by atoms with Gasteiger partial charge in [-0.15, -0.1) is 0 Å². The number of para-hydroxylation sites is 1. The van der Waals surface area contributed by atoms with Crippen molar-refractivity contribution in [3.63, 3.8) is 0 Å². The molecule has 34 heavy (non-hydrogen) atoms. The van der Waals surface area contributed by atoms with Gasteiger partial charge in [-0.1, -0.05) is 32.0 Å². The van der Waals surface area contributed by atoms with Crippen LogP contribution >= 0.6 is 0 Å². The fraction of sp³-hybridized carbons (Fsp3) is 0.292. The molecule has 0 aliphatic rings. The molecule has 2 N–H and O–H groups in total. The third-order valence-corrected chi connectivity index (χ3v) is 4.28. The Labute approximate surface area is 195 Å². The molecule has 0 bridgehead atoms. The summed E-state index contributed by atoms with van der Waals surface area (Å²) in [5.74, 6) is -1.57. The first-order valence-corrected chi connectivity index (χ1v) is 10.3. The van der Waals surface area contributed by atoms with Crippen LogP contribution in [0.3, 0.4) is 0 Å². The van der Waals surface area contributed by atoms with Crippen LogP contribution in [0.25, 0.3) is 6.08 Å². The second-order valence-electron chi connectivity index (χ2n) is 7.43. The molecule has 0 saturated carbocycles. The minimum absolute atomic E-state index is 0.0614. The molecule has 0 aromatic heterocycles. The van der Waals surface area contributed by atoms with Crippen molar-refractivity contribution in [1.82, 2.24) is 5.32 Å². The molecule has 182 valence electrons. The molecule has 0 saturated heterocycles. The van der Waals surface area contributed by atoms with Crippen molar-refractivity contribution in [3.8, 4) is 11.5 Å². The number of carbonyl (C=O) groups is 3. The van der Waals surface area contributed by atoms with Crippen molar-refractivity contribution in [2.75, 3.05) is 25.6 Å². The van der Waals surface area contributed by atoms with E-state index in [1.54, 1.807) is 24.3 Å². The van der Waals surface area contributed by atoms with E-state index in [1.165, 1.54) is 31.4 Å². The average molecular weight is 476 g/mol. The van der Waals surface area contributed by atoms with E-state index in [1.807, 2.05) is 13.8 Å². The van der Waals surface area contributed by atoms with Crippen molar-refractivity contribution >= 4 is 29.5 Å². The number of alkyl halides is 2. The van der Waals surface area contributed by atoms with Gasteiger partial charge in [-0.05, 0) is 41.8 Å². The van der Waals surface area contributed by atoms with E-state index in [2.05, 4.69) is 15.4 Å². The number of esters is 1. The number of rotatable bonds is 11. The molecule has 0 aliphatic heterocycles. The van der Waals surface area contributed by atoms with Gasteiger partial charge < -0.3 is 24.8 Å². The Morgan fingerprint density at radius 3 is 2.47 bits per heavy atom. The van der Waals surface area contributed by atoms with Gasteiger partial charge >= 0.3 is 12.6 Å². The highest BCUT2D eigenvalue weighted by molar-refractivity contribution is 6.04. The molecule has 2 aromatic rings. The zero-order valence-corrected chi connectivity index (χ0v) is 19.0. The number of nitrogens with one attached hydrogen (secondary N) is 2. The Hall–Kier alpha value is -3.95. The van der Waals surface area contributed by atoms with Gasteiger partial charge in [-0.3, -0.25) is 9.59 Å². The summed E-state index contributed by atoms with van der Waals surface area (Å²) in [4.78, 5) is 36.5. The number of hydrogen-bond donors (Lipinski definition) is 2. The fourth-order valence-corrected chi connectivity index (χ4v) is 2.70. The van der Waals surface area contributed by atoms with Crippen molar-refractivity contribution in [2.45, 2.75) is 20.5 Å². The minimum Gasteiger partial charge on any atom is -0.493 e. The van der Waals surface area contributed by atoms with Crippen LogP contribution in [0.15, 0.2) is 48.5 Å². The molecular weight excluding hydrogens is 450 g/mol. The van der Waals surface area contributed by atoms with Gasteiger partial charge in [0.05, 0.1) is 18.4 Å². The molecule has 0 aliphatic carbocycles. The lowest BCUT2D eigenvalue weighted by Gasteiger charge is -2.12.